The summed E-state index contributed by atoms with van der Waals surface area (Å²) in [5.41, 5.74) is 0. The highest BCUT2D eigenvalue weighted by Crippen LogP contribution is 2.13. The van der Waals surface area contributed by atoms with Crippen LogP contribution in [-0.4, -0.2) is 37.2 Å². The number of hydrogen-bond donors (Lipinski definition) is 0. The van der Waals surface area contributed by atoms with E-state index in [4.69, 9.17) is 14.2 Å². The first-order valence-corrected chi connectivity index (χ1v) is 31.1. The highest BCUT2D eigenvalue weighted by Gasteiger charge is 2.19. The van der Waals surface area contributed by atoms with Gasteiger partial charge in [-0.3, -0.25) is 14.4 Å². The van der Waals surface area contributed by atoms with Gasteiger partial charge < -0.3 is 14.2 Å². The van der Waals surface area contributed by atoms with E-state index in [0.717, 1.165) is 167 Å². The Hall–Kier alpha value is -5.23. The van der Waals surface area contributed by atoms with Crippen molar-refractivity contribution in [1.82, 2.24) is 0 Å². The molecule has 436 valence electrons. The molecule has 0 fully saturated rings. The van der Waals surface area contributed by atoms with Crippen molar-refractivity contribution < 1.29 is 28.6 Å². The molecule has 0 aliphatic rings. The number of unbranched alkanes of at least 4 members (excludes halogenated alkanes) is 15. The smallest absolute Gasteiger partial charge is 0.306 e. The SMILES string of the molecule is CC/C=C\C/C=C\C/C=C\C/C=C\C/C=C\C/C=C\C/C=C\C/C=C\CCCCC(=O)OCC(COC(=O)CCCCCCC/C=C\C/C=C\CCCC)OC(=O)CCCCCCCC/C=C\C/C=C\C/C=C\C/C=C\CC. The van der Waals surface area contributed by atoms with Gasteiger partial charge in [-0.15, -0.1) is 0 Å². The summed E-state index contributed by atoms with van der Waals surface area (Å²) in [6.07, 6.45) is 94.9. The summed E-state index contributed by atoms with van der Waals surface area (Å²) in [7, 11) is 0. The Morgan fingerprint density at radius 3 is 0.808 bits per heavy atom. The standard InChI is InChI=1S/C72H112O6/c1-4-7-10-13-16-19-22-25-28-30-32-33-34-35-36-37-38-39-41-42-44-47-50-53-56-59-62-65-71(74)77-68-69(67-76-70(73)64-61-58-55-52-49-46-27-24-21-18-15-12-9-6-3)78-72(75)66-63-60-57-54-51-48-45-43-40-31-29-26-23-20-17-14-11-8-5-2/h7-8,10-11,15-20,24-29,32-33,35-36,38-40,42-44,50,53,69H,4-6,9,12-14,21-23,30-31,34,37,41,45-49,51-52,54-68H2,1-3H3/b10-7-,11-8-,18-15-,19-16-,20-17-,27-24-,28-25-,29-26-,33-32-,36-35-,39-38-,43-40-,44-42-,53-50-. The van der Waals surface area contributed by atoms with Crippen LogP contribution in [-0.2, 0) is 28.6 Å². The second-order valence-electron chi connectivity index (χ2n) is 19.8. The normalized spacial score (nSPS) is 13.3. The average Bonchev–Trinajstić information content (AvgIpc) is 3.44. The number of allylic oxidation sites excluding steroid dienone is 28. The maximum Gasteiger partial charge on any atom is 0.306 e. The zero-order chi connectivity index (χ0) is 56.4. The van der Waals surface area contributed by atoms with E-state index in [9.17, 15) is 14.4 Å². The van der Waals surface area contributed by atoms with Gasteiger partial charge in [0.1, 0.15) is 13.2 Å². The molecule has 0 heterocycles. The Morgan fingerprint density at radius 2 is 0.500 bits per heavy atom. The topological polar surface area (TPSA) is 78.9 Å². The minimum absolute atomic E-state index is 0.113. The molecule has 0 bridgehead atoms. The molecule has 0 amide bonds. The first-order chi connectivity index (χ1) is 38.5. The van der Waals surface area contributed by atoms with Crippen molar-refractivity contribution in [1.29, 1.82) is 0 Å². The molecule has 6 nitrogen and oxygen atoms in total. The van der Waals surface area contributed by atoms with Crippen molar-refractivity contribution in [2.24, 2.45) is 0 Å². The minimum atomic E-state index is -0.820. The molecular weight excluding hydrogens is 961 g/mol. The van der Waals surface area contributed by atoms with Gasteiger partial charge in [-0.1, -0.05) is 249 Å². The Balaban J connectivity index is 4.51. The van der Waals surface area contributed by atoms with Crippen LogP contribution in [0.25, 0.3) is 0 Å². The van der Waals surface area contributed by atoms with Gasteiger partial charge in [-0.25, -0.2) is 0 Å². The lowest BCUT2D eigenvalue weighted by Crippen LogP contribution is -2.30. The van der Waals surface area contributed by atoms with Crippen LogP contribution in [0.3, 0.4) is 0 Å². The van der Waals surface area contributed by atoms with Crippen molar-refractivity contribution in [2.45, 2.75) is 252 Å². The lowest BCUT2D eigenvalue weighted by Gasteiger charge is -2.18. The van der Waals surface area contributed by atoms with Crippen LogP contribution >= 0.6 is 0 Å². The van der Waals surface area contributed by atoms with E-state index in [1.165, 1.54) is 32.1 Å². The van der Waals surface area contributed by atoms with Crippen molar-refractivity contribution in [2.75, 3.05) is 13.2 Å². The molecule has 0 aromatic rings. The lowest BCUT2D eigenvalue weighted by molar-refractivity contribution is -0.167. The zero-order valence-electron chi connectivity index (χ0n) is 49.9. The molecular formula is C72H112O6. The number of rotatable bonds is 54. The Bertz CT molecular complexity index is 1810. The van der Waals surface area contributed by atoms with Crippen molar-refractivity contribution in [3.8, 4) is 0 Å². The lowest BCUT2D eigenvalue weighted by atomic mass is 10.1. The molecule has 0 aliphatic carbocycles. The molecule has 0 saturated carbocycles. The summed E-state index contributed by atoms with van der Waals surface area (Å²) < 4.78 is 16.8. The van der Waals surface area contributed by atoms with Crippen molar-refractivity contribution in [3.05, 3.63) is 170 Å². The summed E-state index contributed by atoms with van der Waals surface area (Å²) in [5, 5.41) is 0. The summed E-state index contributed by atoms with van der Waals surface area (Å²) in [5.74, 6) is -0.992. The molecule has 0 aliphatic heterocycles. The van der Waals surface area contributed by atoms with E-state index in [1.807, 2.05) is 0 Å². The fraction of sp³-hybridized carbons (Fsp3) is 0.569. The molecule has 0 N–H and O–H groups in total. The Morgan fingerprint density at radius 1 is 0.269 bits per heavy atom. The molecule has 78 heavy (non-hydrogen) atoms. The second-order valence-corrected chi connectivity index (χ2v) is 19.8. The highest BCUT2D eigenvalue weighted by atomic mass is 16.6. The quantitative estimate of drug-likeness (QED) is 0.0261. The van der Waals surface area contributed by atoms with E-state index >= 15 is 0 Å². The van der Waals surface area contributed by atoms with Crippen LogP contribution in [0.2, 0.25) is 0 Å². The number of hydrogen-bond acceptors (Lipinski definition) is 6. The van der Waals surface area contributed by atoms with Crippen LogP contribution in [0.4, 0.5) is 0 Å². The van der Waals surface area contributed by atoms with Crippen molar-refractivity contribution in [3.63, 3.8) is 0 Å². The van der Waals surface area contributed by atoms with E-state index in [0.29, 0.717) is 19.3 Å². The summed E-state index contributed by atoms with van der Waals surface area (Å²) >= 11 is 0. The number of esters is 3. The van der Waals surface area contributed by atoms with Gasteiger partial charge in [0.2, 0.25) is 0 Å². The molecule has 1 unspecified atom stereocenters. The second kappa shape index (κ2) is 64.3. The predicted molar refractivity (Wildman–Crippen MR) is 338 cm³/mol. The molecule has 1 atom stereocenters. The third kappa shape index (κ3) is 61.6. The molecule has 0 spiro atoms. The van der Waals surface area contributed by atoms with Gasteiger partial charge >= 0.3 is 17.9 Å². The number of carbonyl (C=O) groups excluding carboxylic acids is 3. The summed E-state index contributed by atoms with van der Waals surface area (Å²) in [6.45, 7) is 6.30. The first-order valence-electron chi connectivity index (χ1n) is 31.1. The van der Waals surface area contributed by atoms with Gasteiger partial charge in [-0.05, 0) is 148 Å². The Kier molecular flexibility index (Phi) is 60.0. The zero-order valence-corrected chi connectivity index (χ0v) is 49.9. The molecule has 6 heteroatoms. The van der Waals surface area contributed by atoms with Gasteiger partial charge in [0.05, 0.1) is 0 Å². The molecule has 0 rings (SSSR count). The van der Waals surface area contributed by atoms with Crippen LogP contribution in [0.5, 0.6) is 0 Å². The third-order valence-corrected chi connectivity index (χ3v) is 12.4. The number of ether oxygens (including phenoxy) is 3. The number of carbonyl (C=O) groups is 3. The van der Waals surface area contributed by atoms with E-state index in [-0.39, 0.29) is 37.5 Å². The molecule has 0 aromatic carbocycles. The monoisotopic (exact) mass is 1070 g/mol. The van der Waals surface area contributed by atoms with Gasteiger partial charge in [0.15, 0.2) is 6.10 Å². The van der Waals surface area contributed by atoms with Gasteiger partial charge in [-0.2, -0.15) is 0 Å². The van der Waals surface area contributed by atoms with E-state index in [1.54, 1.807) is 0 Å². The van der Waals surface area contributed by atoms with Crippen LogP contribution in [0, 0.1) is 0 Å². The largest absolute Gasteiger partial charge is 0.462 e. The first kappa shape index (κ1) is 72.8. The maximum atomic E-state index is 12.9. The summed E-state index contributed by atoms with van der Waals surface area (Å²) in [6, 6.07) is 0. The van der Waals surface area contributed by atoms with E-state index < -0.39 is 6.10 Å². The van der Waals surface area contributed by atoms with Gasteiger partial charge in [0.25, 0.3) is 0 Å². The molecule has 0 radical (unpaired) electrons. The molecule has 0 aromatic heterocycles. The van der Waals surface area contributed by atoms with Crippen LogP contribution in [0.15, 0.2) is 170 Å². The minimum Gasteiger partial charge on any atom is -0.462 e. The third-order valence-electron chi connectivity index (χ3n) is 12.4. The maximum absolute atomic E-state index is 12.9. The average molecular weight is 1070 g/mol. The highest BCUT2D eigenvalue weighted by molar-refractivity contribution is 5.71. The summed E-state index contributed by atoms with van der Waals surface area (Å²) in [4.78, 5) is 38.3. The van der Waals surface area contributed by atoms with Gasteiger partial charge in [0, 0.05) is 19.3 Å². The van der Waals surface area contributed by atoms with Crippen LogP contribution in [0.1, 0.15) is 245 Å². The molecule has 0 saturated heterocycles. The Labute approximate surface area is 479 Å². The fourth-order valence-corrected chi connectivity index (χ4v) is 7.82. The predicted octanol–water partition coefficient (Wildman–Crippen LogP) is 21.5. The fourth-order valence-electron chi connectivity index (χ4n) is 7.82. The van der Waals surface area contributed by atoms with E-state index in [2.05, 4.69) is 191 Å². The van der Waals surface area contributed by atoms with Crippen molar-refractivity contribution >= 4 is 17.9 Å². The van der Waals surface area contributed by atoms with Crippen LogP contribution < -0.4 is 0 Å².